The Labute approximate surface area is 82.1 Å². The third kappa shape index (κ3) is 9.80. The van der Waals surface area contributed by atoms with Gasteiger partial charge in [0.05, 0.1) is 0 Å². The van der Waals surface area contributed by atoms with Gasteiger partial charge in [0, 0.05) is 27.2 Å². The van der Waals surface area contributed by atoms with Crippen molar-refractivity contribution in [2.24, 2.45) is 5.92 Å². The quantitative estimate of drug-likeness (QED) is 0.444. The number of hydrazine groups is 1. The van der Waals surface area contributed by atoms with Gasteiger partial charge in [-0.1, -0.05) is 19.8 Å². The van der Waals surface area contributed by atoms with E-state index in [1.54, 1.807) is 0 Å². The number of rotatable bonds is 8. The van der Waals surface area contributed by atoms with E-state index in [0.717, 1.165) is 25.3 Å². The highest BCUT2D eigenvalue weighted by molar-refractivity contribution is 4.55. The van der Waals surface area contributed by atoms with Crippen molar-refractivity contribution in [1.29, 1.82) is 0 Å². The minimum Gasteiger partial charge on any atom is -0.396 e. The number of aliphatic hydroxyl groups excluding tert-OH is 1. The second-order valence-corrected chi connectivity index (χ2v) is 3.92. The summed E-state index contributed by atoms with van der Waals surface area (Å²) in [5, 5.41) is 10.6. The first kappa shape index (κ1) is 12.9. The van der Waals surface area contributed by atoms with Gasteiger partial charge in [-0.05, 0) is 18.8 Å². The van der Waals surface area contributed by atoms with Crippen LogP contribution in [-0.2, 0) is 0 Å². The van der Waals surface area contributed by atoms with Gasteiger partial charge >= 0.3 is 0 Å². The molecule has 80 valence electrons. The van der Waals surface area contributed by atoms with Crippen LogP contribution >= 0.6 is 0 Å². The van der Waals surface area contributed by atoms with Crippen molar-refractivity contribution >= 4 is 0 Å². The Kier molecular flexibility index (Phi) is 8.40. The van der Waals surface area contributed by atoms with Gasteiger partial charge in [0.1, 0.15) is 0 Å². The highest BCUT2D eigenvalue weighted by Crippen LogP contribution is 2.10. The highest BCUT2D eigenvalue weighted by atomic mass is 16.2. The Morgan fingerprint density at radius 2 is 1.92 bits per heavy atom. The lowest BCUT2D eigenvalue weighted by atomic mass is 10.0. The lowest BCUT2D eigenvalue weighted by molar-refractivity contribution is 0.265. The molecule has 2 N–H and O–H groups in total. The van der Waals surface area contributed by atoms with Gasteiger partial charge in [-0.2, -0.15) is 0 Å². The molecule has 13 heavy (non-hydrogen) atoms. The van der Waals surface area contributed by atoms with Gasteiger partial charge in [-0.25, -0.2) is 0 Å². The van der Waals surface area contributed by atoms with Crippen molar-refractivity contribution in [3.8, 4) is 0 Å². The van der Waals surface area contributed by atoms with Crippen LogP contribution in [-0.4, -0.2) is 37.4 Å². The Morgan fingerprint density at radius 1 is 1.23 bits per heavy atom. The van der Waals surface area contributed by atoms with Crippen LogP contribution in [0.4, 0.5) is 0 Å². The standard InChI is InChI=1S/C10H24N2O/c1-10(6-4-5-9-13)7-8-11-12(2)3/h10-11,13H,4-9H2,1-3H3. The van der Waals surface area contributed by atoms with Gasteiger partial charge < -0.3 is 5.11 Å². The average molecular weight is 188 g/mol. The predicted octanol–water partition coefficient (Wildman–Crippen LogP) is 1.24. The van der Waals surface area contributed by atoms with Crippen LogP contribution in [0.25, 0.3) is 0 Å². The maximum Gasteiger partial charge on any atom is 0.0431 e. The number of hydrogen-bond donors (Lipinski definition) is 2. The molecule has 0 heterocycles. The highest BCUT2D eigenvalue weighted by Gasteiger charge is 2.01. The molecule has 0 amide bonds. The van der Waals surface area contributed by atoms with E-state index in [-0.39, 0.29) is 0 Å². The molecular formula is C10H24N2O. The molecule has 0 rings (SSSR count). The van der Waals surface area contributed by atoms with Crippen LogP contribution < -0.4 is 5.43 Å². The third-order valence-corrected chi connectivity index (χ3v) is 2.17. The first-order valence-corrected chi connectivity index (χ1v) is 5.18. The Balaban J connectivity index is 3.15. The first-order valence-electron chi connectivity index (χ1n) is 5.18. The van der Waals surface area contributed by atoms with Crippen molar-refractivity contribution < 1.29 is 5.11 Å². The Hall–Kier alpha value is -0.120. The summed E-state index contributed by atoms with van der Waals surface area (Å²) >= 11 is 0. The van der Waals surface area contributed by atoms with Crippen LogP contribution in [0.2, 0.25) is 0 Å². The minimum absolute atomic E-state index is 0.336. The molecule has 0 saturated heterocycles. The SMILES string of the molecule is CC(CCCCO)CCNN(C)C. The molecule has 0 aromatic heterocycles. The number of unbranched alkanes of at least 4 members (excludes halogenated alkanes) is 1. The molecule has 0 aromatic rings. The molecule has 0 aliphatic rings. The van der Waals surface area contributed by atoms with E-state index in [1.807, 2.05) is 19.1 Å². The zero-order valence-electron chi connectivity index (χ0n) is 9.21. The molecule has 0 aliphatic carbocycles. The second-order valence-electron chi connectivity index (χ2n) is 3.92. The van der Waals surface area contributed by atoms with Crippen molar-refractivity contribution in [3.05, 3.63) is 0 Å². The molecule has 0 aliphatic heterocycles. The van der Waals surface area contributed by atoms with E-state index in [9.17, 15) is 0 Å². The molecule has 3 nitrogen and oxygen atoms in total. The van der Waals surface area contributed by atoms with E-state index >= 15 is 0 Å². The number of aliphatic hydroxyl groups is 1. The minimum atomic E-state index is 0.336. The monoisotopic (exact) mass is 188 g/mol. The maximum absolute atomic E-state index is 8.61. The molecule has 3 heteroatoms. The summed E-state index contributed by atoms with van der Waals surface area (Å²) in [7, 11) is 4.02. The molecule has 0 spiro atoms. The second kappa shape index (κ2) is 8.48. The van der Waals surface area contributed by atoms with E-state index < -0.39 is 0 Å². The van der Waals surface area contributed by atoms with Crippen LogP contribution in [0.3, 0.4) is 0 Å². The summed E-state index contributed by atoms with van der Waals surface area (Å²) in [5.41, 5.74) is 3.25. The molecule has 0 fully saturated rings. The topological polar surface area (TPSA) is 35.5 Å². The van der Waals surface area contributed by atoms with Crippen molar-refractivity contribution in [3.63, 3.8) is 0 Å². The zero-order valence-corrected chi connectivity index (χ0v) is 9.21. The van der Waals surface area contributed by atoms with E-state index in [4.69, 9.17) is 5.11 Å². The average Bonchev–Trinajstić information content (AvgIpc) is 2.04. The van der Waals surface area contributed by atoms with Gasteiger partial charge in [0.15, 0.2) is 0 Å². The van der Waals surface area contributed by atoms with E-state index in [1.165, 1.54) is 12.8 Å². The predicted molar refractivity (Wildman–Crippen MR) is 56.4 cm³/mol. The smallest absolute Gasteiger partial charge is 0.0431 e. The number of nitrogens with one attached hydrogen (secondary N) is 1. The number of hydrogen-bond acceptors (Lipinski definition) is 3. The fourth-order valence-electron chi connectivity index (χ4n) is 1.28. The maximum atomic E-state index is 8.61. The van der Waals surface area contributed by atoms with E-state index in [0.29, 0.717) is 6.61 Å². The molecule has 0 bridgehead atoms. The summed E-state index contributed by atoms with van der Waals surface area (Å²) in [6.45, 7) is 3.66. The van der Waals surface area contributed by atoms with Gasteiger partial charge in [0.25, 0.3) is 0 Å². The van der Waals surface area contributed by atoms with Gasteiger partial charge in [-0.15, -0.1) is 0 Å². The fourth-order valence-corrected chi connectivity index (χ4v) is 1.28. The van der Waals surface area contributed by atoms with Crippen molar-refractivity contribution in [1.82, 2.24) is 10.4 Å². The zero-order chi connectivity index (χ0) is 10.1. The summed E-state index contributed by atoms with van der Waals surface area (Å²) in [6.07, 6.45) is 4.55. The molecular weight excluding hydrogens is 164 g/mol. The lowest BCUT2D eigenvalue weighted by Gasteiger charge is -2.15. The van der Waals surface area contributed by atoms with Crippen LogP contribution in [0, 0.1) is 5.92 Å². The lowest BCUT2D eigenvalue weighted by Crippen LogP contribution is -2.31. The number of nitrogens with zero attached hydrogens (tertiary/aromatic N) is 1. The first-order chi connectivity index (χ1) is 6.16. The summed E-state index contributed by atoms with van der Waals surface area (Å²) < 4.78 is 0. The molecule has 0 radical (unpaired) electrons. The van der Waals surface area contributed by atoms with Crippen LogP contribution in [0.1, 0.15) is 32.6 Å². The van der Waals surface area contributed by atoms with Crippen LogP contribution in [0.15, 0.2) is 0 Å². The van der Waals surface area contributed by atoms with Gasteiger partial charge in [0.2, 0.25) is 0 Å². The van der Waals surface area contributed by atoms with Gasteiger partial charge in [-0.3, -0.25) is 10.4 Å². The summed E-state index contributed by atoms with van der Waals surface area (Å²) in [6, 6.07) is 0. The Morgan fingerprint density at radius 3 is 2.46 bits per heavy atom. The largest absolute Gasteiger partial charge is 0.396 e. The molecule has 1 unspecified atom stereocenters. The molecule has 0 aromatic carbocycles. The van der Waals surface area contributed by atoms with Crippen molar-refractivity contribution in [2.45, 2.75) is 32.6 Å². The molecule has 0 saturated carbocycles. The summed E-state index contributed by atoms with van der Waals surface area (Å²) in [5.74, 6) is 0.763. The normalized spacial score (nSPS) is 13.6. The van der Waals surface area contributed by atoms with Crippen molar-refractivity contribution in [2.75, 3.05) is 27.2 Å². The third-order valence-electron chi connectivity index (χ3n) is 2.17. The summed E-state index contributed by atoms with van der Waals surface area (Å²) in [4.78, 5) is 0. The fraction of sp³-hybridized carbons (Fsp3) is 1.00. The molecule has 1 atom stereocenters. The van der Waals surface area contributed by atoms with E-state index in [2.05, 4.69) is 12.3 Å². The Bertz CT molecular complexity index is 107. The van der Waals surface area contributed by atoms with Crippen LogP contribution in [0.5, 0.6) is 0 Å².